The second-order valence-corrected chi connectivity index (χ2v) is 7.36. The normalized spacial score (nSPS) is 10.6. The first-order valence-corrected chi connectivity index (χ1v) is 9.86. The summed E-state index contributed by atoms with van der Waals surface area (Å²) in [5, 5.41) is 12.5. The predicted octanol–water partition coefficient (Wildman–Crippen LogP) is 4.78. The summed E-state index contributed by atoms with van der Waals surface area (Å²) < 4.78 is 7.06. The minimum atomic E-state index is -0.882. The molecule has 0 saturated heterocycles. The number of hydrogen-bond donors (Lipinski definition) is 2. The molecule has 6 nitrogen and oxygen atoms in total. The Morgan fingerprint density at radius 3 is 2.50 bits per heavy atom. The van der Waals surface area contributed by atoms with Crippen LogP contribution < -0.4 is 10.1 Å². The van der Waals surface area contributed by atoms with Gasteiger partial charge in [0.1, 0.15) is 12.3 Å². The molecule has 0 unspecified atom stereocenters. The molecule has 0 fully saturated rings. The van der Waals surface area contributed by atoms with Gasteiger partial charge >= 0.3 is 5.97 Å². The molecule has 2 N–H and O–H groups in total. The number of carbonyl (C=O) groups is 2. The van der Waals surface area contributed by atoms with Crippen LogP contribution in [0.5, 0.6) is 5.75 Å². The Labute approximate surface area is 180 Å². The Hall–Kier alpha value is -3.25. The first kappa shape index (κ1) is 21.5. The topological polar surface area (TPSA) is 80.6 Å². The summed E-state index contributed by atoms with van der Waals surface area (Å²) in [4.78, 5) is 23.9. The van der Waals surface area contributed by atoms with Crippen LogP contribution in [0, 0.1) is 6.92 Å². The number of hydrogen-bond acceptors (Lipinski definition) is 3. The summed E-state index contributed by atoms with van der Waals surface area (Å²) in [6, 6.07) is 16.6. The second-order valence-electron chi connectivity index (χ2n) is 6.93. The third kappa shape index (κ3) is 5.21. The van der Waals surface area contributed by atoms with Crippen molar-refractivity contribution in [2.45, 2.75) is 26.3 Å². The number of aliphatic carboxylic acids is 1. The lowest BCUT2D eigenvalue weighted by Crippen LogP contribution is -2.21. The number of halogens is 1. The highest BCUT2D eigenvalue weighted by Gasteiger charge is 2.15. The molecule has 30 heavy (non-hydrogen) atoms. The van der Waals surface area contributed by atoms with Gasteiger partial charge in [-0.15, -0.1) is 0 Å². The third-order valence-corrected chi connectivity index (χ3v) is 5.06. The van der Waals surface area contributed by atoms with Crippen LogP contribution in [0.15, 0.2) is 54.6 Å². The van der Waals surface area contributed by atoms with Crippen molar-refractivity contribution < 1.29 is 19.4 Å². The number of benzene rings is 2. The van der Waals surface area contributed by atoms with E-state index in [1.54, 1.807) is 19.2 Å². The van der Waals surface area contributed by atoms with Crippen LogP contribution in [0.3, 0.4) is 0 Å². The maximum absolute atomic E-state index is 12.8. The number of ether oxygens (including phenoxy) is 1. The molecule has 0 atom stereocenters. The van der Waals surface area contributed by atoms with Crippen molar-refractivity contribution in [2.24, 2.45) is 0 Å². The average molecular weight is 427 g/mol. The Morgan fingerprint density at radius 1 is 1.10 bits per heavy atom. The van der Waals surface area contributed by atoms with Crippen LogP contribution in [0.4, 0.5) is 5.69 Å². The monoisotopic (exact) mass is 426 g/mol. The Bertz CT molecular complexity index is 1060. The highest BCUT2D eigenvalue weighted by atomic mass is 35.5. The minimum absolute atomic E-state index is 0.0128. The van der Waals surface area contributed by atoms with E-state index in [1.165, 1.54) is 0 Å². The average Bonchev–Trinajstić information content (AvgIpc) is 3.11. The Kier molecular flexibility index (Phi) is 6.79. The van der Waals surface area contributed by atoms with E-state index >= 15 is 0 Å². The van der Waals surface area contributed by atoms with E-state index in [4.69, 9.17) is 21.4 Å². The fraction of sp³-hybridized carbons (Fsp3) is 0.217. The summed E-state index contributed by atoms with van der Waals surface area (Å²) in [5.74, 6) is -0.368. The second kappa shape index (κ2) is 9.50. The van der Waals surface area contributed by atoms with Gasteiger partial charge in [-0.3, -0.25) is 9.59 Å². The molecular formula is C23H23ClN2O4. The van der Waals surface area contributed by atoms with Gasteiger partial charge in [0.25, 0.3) is 0 Å². The third-order valence-electron chi connectivity index (χ3n) is 4.83. The van der Waals surface area contributed by atoms with Gasteiger partial charge in [0.05, 0.1) is 13.5 Å². The molecule has 0 aliphatic carbocycles. The molecule has 0 spiro atoms. The van der Waals surface area contributed by atoms with Crippen LogP contribution >= 0.6 is 11.6 Å². The van der Waals surface area contributed by atoms with Crippen molar-refractivity contribution in [3.05, 3.63) is 70.9 Å². The van der Waals surface area contributed by atoms with Crippen molar-refractivity contribution in [3.63, 3.8) is 0 Å². The standard InChI is InChI=1S/C23H23ClN2O4/c1-15-3-6-17(24)13-20(15)25-22(27)14-26-18(8-12-23(28)29)7-11-21(26)16-4-9-19(30-2)10-5-16/h3-7,9-11,13H,8,12,14H2,1-2H3,(H,25,27)(H,28,29). The predicted molar refractivity (Wildman–Crippen MR) is 117 cm³/mol. The van der Waals surface area contributed by atoms with Gasteiger partial charge in [0, 0.05) is 22.1 Å². The lowest BCUT2D eigenvalue weighted by Gasteiger charge is -2.15. The maximum atomic E-state index is 12.8. The zero-order valence-electron chi connectivity index (χ0n) is 16.8. The van der Waals surface area contributed by atoms with E-state index in [1.807, 2.05) is 54.0 Å². The molecule has 0 bridgehead atoms. The fourth-order valence-electron chi connectivity index (χ4n) is 3.23. The molecule has 0 saturated carbocycles. The van der Waals surface area contributed by atoms with Crippen LogP contribution in [0.1, 0.15) is 17.7 Å². The fourth-order valence-corrected chi connectivity index (χ4v) is 3.40. The largest absolute Gasteiger partial charge is 0.497 e. The van der Waals surface area contributed by atoms with Gasteiger partial charge in [0.15, 0.2) is 0 Å². The SMILES string of the molecule is COc1ccc(-c2ccc(CCC(=O)O)n2CC(=O)Nc2cc(Cl)ccc2C)cc1. The molecule has 1 amide bonds. The Morgan fingerprint density at radius 2 is 1.83 bits per heavy atom. The van der Waals surface area contributed by atoms with Crippen LogP contribution in [0.25, 0.3) is 11.3 Å². The maximum Gasteiger partial charge on any atom is 0.303 e. The molecular weight excluding hydrogens is 404 g/mol. The lowest BCUT2D eigenvalue weighted by atomic mass is 10.1. The number of nitrogens with one attached hydrogen (secondary N) is 1. The highest BCUT2D eigenvalue weighted by molar-refractivity contribution is 6.31. The first-order chi connectivity index (χ1) is 14.4. The van der Waals surface area contributed by atoms with Crippen LogP contribution in [-0.4, -0.2) is 28.7 Å². The number of aryl methyl sites for hydroxylation is 2. The van der Waals surface area contributed by atoms with Crippen molar-refractivity contribution in [1.29, 1.82) is 0 Å². The number of methoxy groups -OCH3 is 1. The van der Waals surface area contributed by atoms with Crippen LogP contribution in [0.2, 0.25) is 5.02 Å². The first-order valence-electron chi connectivity index (χ1n) is 9.48. The Balaban J connectivity index is 1.89. The molecule has 156 valence electrons. The quantitative estimate of drug-likeness (QED) is 0.543. The van der Waals surface area contributed by atoms with E-state index in [-0.39, 0.29) is 18.9 Å². The molecule has 0 radical (unpaired) electrons. The summed E-state index contributed by atoms with van der Waals surface area (Å²) >= 11 is 6.05. The van der Waals surface area contributed by atoms with E-state index in [2.05, 4.69) is 5.32 Å². The number of carbonyl (C=O) groups excluding carboxylic acids is 1. The van der Waals surface area contributed by atoms with Gasteiger partial charge in [-0.2, -0.15) is 0 Å². The van der Waals surface area contributed by atoms with E-state index < -0.39 is 5.97 Å². The van der Waals surface area contributed by atoms with Crippen molar-refractivity contribution in [1.82, 2.24) is 4.57 Å². The smallest absolute Gasteiger partial charge is 0.303 e. The van der Waals surface area contributed by atoms with Gasteiger partial charge in [0.2, 0.25) is 5.91 Å². The number of carboxylic acid groups (broad SMARTS) is 1. The molecule has 0 aliphatic rings. The van der Waals surface area contributed by atoms with Gasteiger partial charge < -0.3 is 19.7 Å². The summed E-state index contributed by atoms with van der Waals surface area (Å²) in [6.07, 6.45) is 0.316. The summed E-state index contributed by atoms with van der Waals surface area (Å²) in [7, 11) is 1.60. The number of anilines is 1. The van der Waals surface area contributed by atoms with Crippen LogP contribution in [-0.2, 0) is 22.6 Å². The number of amides is 1. The summed E-state index contributed by atoms with van der Waals surface area (Å²) in [5.41, 5.74) is 4.07. The van der Waals surface area contributed by atoms with Crippen molar-refractivity contribution in [3.8, 4) is 17.0 Å². The van der Waals surface area contributed by atoms with E-state index in [9.17, 15) is 9.59 Å². The zero-order chi connectivity index (χ0) is 21.7. The molecule has 7 heteroatoms. The number of carboxylic acids is 1. The van der Waals surface area contributed by atoms with Gasteiger partial charge in [-0.1, -0.05) is 17.7 Å². The lowest BCUT2D eigenvalue weighted by molar-refractivity contribution is -0.137. The zero-order valence-corrected chi connectivity index (χ0v) is 17.6. The highest BCUT2D eigenvalue weighted by Crippen LogP contribution is 2.26. The van der Waals surface area contributed by atoms with Crippen molar-refractivity contribution >= 4 is 29.2 Å². The molecule has 1 heterocycles. The number of nitrogens with zero attached hydrogens (tertiary/aromatic N) is 1. The van der Waals surface area contributed by atoms with E-state index in [0.717, 1.165) is 28.3 Å². The van der Waals surface area contributed by atoms with Gasteiger partial charge in [-0.05, 0) is 73.0 Å². The van der Waals surface area contributed by atoms with E-state index in [0.29, 0.717) is 17.1 Å². The number of rotatable bonds is 8. The molecule has 3 rings (SSSR count). The minimum Gasteiger partial charge on any atom is -0.497 e. The number of aromatic nitrogens is 1. The molecule has 3 aromatic rings. The molecule has 1 aromatic heterocycles. The molecule has 0 aliphatic heterocycles. The molecule has 2 aromatic carbocycles. The van der Waals surface area contributed by atoms with Gasteiger partial charge in [-0.25, -0.2) is 0 Å². The summed E-state index contributed by atoms with van der Waals surface area (Å²) in [6.45, 7) is 1.94. The van der Waals surface area contributed by atoms with Crippen molar-refractivity contribution in [2.75, 3.05) is 12.4 Å².